The van der Waals surface area contributed by atoms with Crippen LogP contribution in [0.25, 0.3) is 10.9 Å². The van der Waals surface area contributed by atoms with Crippen LogP contribution in [0.2, 0.25) is 0 Å². The van der Waals surface area contributed by atoms with Crippen molar-refractivity contribution in [2.45, 2.75) is 36.6 Å². The van der Waals surface area contributed by atoms with E-state index < -0.39 is 21.1 Å². The minimum atomic E-state index is -4.03. The summed E-state index contributed by atoms with van der Waals surface area (Å²) < 4.78 is 43.3. The monoisotopic (exact) mass is 457 g/mol. The molecule has 0 unspecified atom stereocenters. The normalized spacial score (nSPS) is 15.4. The van der Waals surface area contributed by atoms with Crippen LogP contribution >= 0.6 is 0 Å². The number of aryl methyl sites for hydroxylation is 1. The molecule has 0 atom stereocenters. The number of likely N-dealkylation sites (N-methyl/N-ethyl adjacent to an activating group) is 1. The fourth-order valence-electron chi connectivity index (χ4n) is 4.26. The van der Waals surface area contributed by atoms with Crippen LogP contribution < -0.4 is 10.3 Å². The van der Waals surface area contributed by atoms with E-state index >= 15 is 4.39 Å². The zero-order chi connectivity index (χ0) is 22.9. The van der Waals surface area contributed by atoms with Gasteiger partial charge >= 0.3 is 0 Å². The summed E-state index contributed by atoms with van der Waals surface area (Å²) in [5.41, 5.74) is 0.340. The number of hydrogen-bond donors (Lipinski definition) is 0. The van der Waals surface area contributed by atoms with Crippen LogP contribution in [-0.4, -0.2) is 50.6 Å². The predicted molar refractivity (Wildman–Crippen MR) is 125 cm³/mol. The van der Waals surface area contributed by atoms with Crippen LogP contribution in [0.4, 0.5) is 10.1 Å². The average molecular weight is 458 g/mol. The standard InChI is InChI=1S/C24H28FN3O3S/c1-3-10-28-17-23(32(30,31)18-8-6-5-7-9-18)24(29)19-15-20(25)22(16-21(19)28)27-13-11-26(4-2)12-14-27/h5-9,15-17H,3-4,10-14H2,1-2H3. The van der Waals surface area contributed by atoms with Crippen molar-refractivity contribution >= 4 is 26.4 Å². The van der Waals surface area contributed by atoms with E-state index in [9.17, 15) is 13.2 Å². The highest BCUT2D eigenvalue weighted by atomic mass is 32.2. The Morgan fingerprint density at radius 3 is 2.31 bits per heavy atom. The molecule has 3 aromatic rings. The van der Waals surface area contributed by atoms with E-state index in [-0.39, 0.29) is 15.2 Å². The van der Waals surface area contributed by atoms with Gasteiger partial charge in [0.05, 0.1) is 21.5 Å². The zero-order valence-corrected chi connectivity index (χ0v) is 19.2. The average Bonchev–Trinajstić information content (AvgIpc) is 2.81. The van der Waals surface area contributed by atoms with E-state index in [0.29, 0.717) is 30.8 Å². The molecule has 170 valence electrons. The molecule has 0 radical (unpaired) electrons. The lowest BCUT2D eigenvalue weighted by molar-refractivity contribution is 0.270. The molecule has 0 amide bonds. The van der Waals surface area contributed by atoms with Gasteiger partial charge in [-0.3, -0.25) is 4.79 Å². The van der Waals surface area contributed by atoms with Gasteiger partial charge in [0, 0.05) is 38.9 Å². The van der Waals surface area contributed by atoms with Gasteiger partial charge in [-0.05, 0) is 37.2 Å². The van der Waals surface area contributed by atoms with E-state index in [1.807, 2.05) is 11.8 Å². The van der Waals surface area contributed by atoms with Gasteiger partial charge in [0.25, 0.3) is 0 Å². The summed E-state index contributed by atoms with van der Waals surface area (Å²) >= 11 is 0. The number of piperazine rings is 1. The molecule has 4 rings (SSSR count). The smallest absolute Gasteiger partial charge is 0.211 e. The number of benzene rings is 2. The topological polar surface area (TPSA) is 62.6 Å². The van der Waals surface area contributed by atoms with Crippen molar-refractivity contribution < 1.29 is 12.8 Å². The largest absolute Gasteiger partial charge is 0.367 e. The van der Waals surface area contributed by atoms with Gasteiger partial charge < -0.3 is 14.4 Å². The summed E-state index contributed by atoms with van der Waals surface area (Å²) in [5, 5.41) is 0.0869. The van der Waals surface area contributed by atoms with Crippen molar-refractivity contribution in [3.05, 3.63) is 64.7 Å². The van der Waals surface area contributed by atoms with Crippen molar-refractivity contribution in [2.75, 3.05) is 37.6 Å². The molecule has 1 aromatic heterocycles. The van der Waals surface area contributed by atoms with Gasteiger partial charge in [0.15, 0.2) is 0 Å². The van der Waals surface area contributed by atoms with Crippen LogP contribution in [0.1, 0.15) is 20.3 Å². The maximum Gasteiger partial charge on any atom is 0.211 e. The van der Waals surface area contributed by atoms with Gasteiger partial charge in [-0.25, -0.2) is 12.8 Å². The number of pyridine rings is 1. The highest BCUT2D eigenvalue weighted by Crippen LogP contribution is 2.28. The number of anilines is 1. The molecule has 0 N–H and O–H groups in total. The summed E-state index contributed by atoms with van der Waals surface area (Å²) in [6.45, 7) is 8.67. The number of fused-ring (bicyclic) bond motifs is 1. The Bertz CT molecular complexity index is 1280. The van der Waals surface area contributed by atoms with E-state index in [0.717, 1.165) is 26.1 Å². The van der Waals surface area contributed by atoms with Gasteiger partial charge in [-0.1, -0.05) is 32.0 Å². The highest BCUT2D eigenvalue weighted by Gasteiger charge is 2.26. The van der Waals surface area contributed by atoms with Crippen molar-refractivity contribution in [3.8, 4) is 0 Å². The molecule has 1 saturated heterocycles. The lowest BCUT2D eigenvalue weighted by atomic mass is 10.1. The molecule has 6 nitrogen and oxygen atoms in total. The quantitative estimate of drug-likeness (QED) is 0.567. The van der Waals surface area contributed by atoms with Crippen LogP contribution in [0, 0.1) is 5.82 Å². The molecule has 0 spiro atoms. The number of aromatic nitrogens is 1. The first-order chi connectivity index (χ1) is 15.4. The lowest BCUT2D eigenvalue weighted by Gasteiger charge is -2.35. The summed E-state index contributed by atoms with van der Waals surface area (Å²) in [6, 6.07) is 10.8. The maximum atomic E-state index is 15.2. The lowest BCUT2D eigenvalue weighted by Crippen LogP contribution is -2.46. The molecule has 1 aliphatic rings. The fraction of sp³-hybridized carbons (Fsp3) is 0.375. The van der Waals surface area contributed by atoms with E-state index in [1.54, 1.807) is 28.8 Å². The van der Waals surface area contributed by atoms with Crippen LogP contribution in [-0.2, 0) is 16.4 Å². The first-order valence-electron chi connectivity index (χ1n) is 11.0. The third-order valence-corrected chi connectivity index (χ3v) is 7.85. The predicted octanol–water partition coefficient (Wildman–Crippen LogP) is 3.53. The Kier molecular flexibility index (Phi) is 6.35. The second-order valence-electron chi connectivity index (χ2n) is 8.07. The van der Waals surface area contributed by atoms with E-state index in [2.05, 4.69) is 11.8 Å². The number of rotatable bonds is 6. The molecular formula is C24H28FN3O3S. The second-order valence-corrected chi connectivity index (χ2v) is 9.99. The number of nitrogens with zero attached hydrogens (tertiary/aromatic N) is 3. The zero-order valence-electron chi connectivity index (χ0n) is 18.4. The fourth-order valence-corrected chi connectivity index (χ4v) is 5.65. The number of halogens is 1. The van der Waals surface area contributed by atoms with Crippen molar-refractivity contribution in [3.63, 3.8) is 0 Å². The molecule has 0 aliphatic carbocycles. The molecule has 2 aromatic carbocycles. The van der Waals surface area contributed by atoms with Crippen molar-refractivity contribution in [1.82, 2.24) is 9.47 Å². The highest BCUT2D eigenvalue weighted by molar-refractivity contribution is 7.91. The molecule has 8 heteroatoms. The summed E-state index contributed by atoms with van der Waals surface area (Å²) in [4.78, 5) is 17.3. The van der Waals surface area contributed by atoms with Gasteiger partial charge in [-0.15, -0.1) is 0 Å². The van der Waals surface area contributed by atoms with E-state index in [1.165, 1.54) is 24.4 Å². The second kappa shape index (κ2) is 9.03. The molecule has 0 saturated carbocycles. The SMILES string of the molecule is CCCn1cc(S(=O)(=O)c2ccccc2)c(=O)c2cc(F)c(N3CCN(CC)CC3)cc21. The Morgan fingerprint density at radius 1 is 1.00 bits per heavy atom. The van der Waals surface area contributed by atoms with Crippen LogP contribution in [0.3, 0.4) is 0 Å². The molecule has 2 heterocycles. The van der Waals surface area contributed by atoms with Crippen molar-refractivity contribution in [1.29, 1.82) is 0 Å². The van der Waals surface area contributed by atoms with Gasteiger partial charge in [0.1, 0.15) is 10.7 Å². The summed E-state index contributed by atoms with van der Waals surface area (Å²) in [5.74, 6) is -0.503. The molecule has 0 bridgehead atoms. The minimum Gasteiger partial charge on any atom is -0.367 e. The van der Waals surface area contributed by atoms with E-state index in [4.69, 9.17) is 0 Å². The Balaban J connectivity index is 1.87. The Labute approximate surface area is 187 Å². The molecular weight excluding hydrogens is 429 g/mol. The third kappa shape index (κ3) is 4.04. The minimum absolute atomic E-state index is 0.0467. The summed E-state index contributed by atoms with van der Waals surface area (Å²) in [6.07, 6.45) is 2.15. The summed E-state index contributed by atoms with van der Waals surface area (Å²) in [7, 11) is -4.03. The first kappa shape index (κ1) is 22.5. The number of sulfone groups is 1. The Hall–Kier alpha value is -2.71. The van der Waals surface area contributed by atoms with Gasteiger partial charge in [0.2, 0.25) is 15.3 Å². The Morgan fingerprint density at radius 2 is 1.69 bits per heavy atom. The first-order valence-corrected chi connectivity index (χ1v) is 12.5. The van der Waals surface area contributed by atoms with Gasteiger partial charge in [-0.2, -0.15) is 0 Å². The molecule has 1 aliphatic heterocycles. The van der Waals surface area contributed by atoms with Crippen LogP contribution in [0.15, 0.2) is 63.2 Å². The maximum absolute atomic E-state index is 15.2. The third-order valence-electron chi connectivity index (χ3n) is 6.08. The van der Waals surface area contributed by atoms with Crippen molar-refractivity contribution in [2.24, 2.45) is 0 Å². The molecule has 1 fully saturated rings. The van der Waals surface area contributed by atoms with Crippen LogP contribution in [0.5, 0.6) is 0 Å². The number of hydrogen-bond acceptors (Lipinski definition) is 5. The molecule has 32 heavy (non-hydrogen) atoms.